The van der Waals surface area contributed by atoms with Crippen molar-refractivity contribution in [3.63, 3.8) is 0 Å². The molecule has 0 spiro atoms. The van der Waals surface area contributed by atoms with Crippen LogP contribution < -0.4 is 0 Å². The van der Waals surface area contributed by atoms with Crippen LogP contribution in [0.5, 0.6) is 0 Å². The average Bonchev–Trinajstić information content (AvgIpc) is 3.24. The average molecular weight is 372 g/mol. The van der Waals surface area contributed by atoms with E-state index in [2.05, 4.69) is 51.0 Å². The molecule has 1 aromatic heterocycles. The third-order valence-corrected chi connectivity index (χ3v) is 6.71. The molecule has 2 aromatic rings. The first-order valence-electron chi connectivity index (χ1n) is 9.47. The van der Waals surface area contributed by atoms with Gasteiger partial charge in [-0.1, -0.05) is 35.5 Å². The van der Waals surface area contributed by atoms with E-state index in [1.165, 1.54) is 18.4 Å². The Labute approximate surface area is 158 Å². The molecule has 2 heterocycles. The van der Waals surface area contributed by atoms with Gasteiger partial charge >= 0.3 is 0 Å². The lowest BCUT2D eigenvalue weighted by molar-refractivity contribution is -0.134. The zero-order chi connectivity index (χ0) is 17.8. The summed E-state index contributed by atoms with van der Waals surface area (Å²) in [5.41, 5.74) is 1.45. The fraction of sp³-hybridized carbons (Fsp3) is 0.579. The number of nitrogens with zero attached hydrogens (tertiary/aromatic N) is 4. The highest BCUT2D eigenvalue weighted by atomic mass is 32.2. The number of tetrazole rings is 1. The molecule has 138 valence electrons. The summed E-state index contributed by atoms with van der Waals surface area (Å²) < 4.78 is 0. The second-order valence-corrected chi connectivity index (χ2v) is 8.43. The summed E-state index contributed by atoms with van der Waals surface area (Å²) >= 11 is 1.85. The molecule has 0 bridgehead atoms. The van der Waals surface area contributed by atoms with Crippen LogP contribution >= 0.6 is 11.8 Å². The SMILES string of the molecule is O=C(CC1CCC(c2ccccc2)CC1)N1CCSCC1c1nn[nH]n1. The van der Waals surface area contributed by atoms with Gasteiger partial charge in [-0.25, -0.2) is 0 Å². The number of carbonyl (C=O) groups is 1. The monoisotopic (exact) mass is 371 g/mol. The van der Waals surface area contributed by atoms with E-state index in [-0.39, 0.29) is 11.9 Å². The van der Waals surface area contributed by atoms with Crippen LogP contribution in [0.15, 0.2) is 30.3 Å². The lowest BCUT2D eigenvalue weighted by Crippen LogP contribution is -2.42. The topological polar surface area (TPSA) is 74.8 Å². The van der Waals surface area contributed by atoms with E-state index in [0.29, 0.717) is 24.1 Å². The molecule has 1 amide bonds. The molecule has 1 saturated heterocycles. The highest BCUT2D eigenvalue weighted by Crippen LogP contribution is 2.38. The van der Waals surface area contributed by atoms with Crippen molar-refractivity contribution < 1.29 is 4.79 Å². The lowest BCUT2D eigenvalue weighted by Gasteiger charge is -2.35. The van der Waals surface area contributed by atoms with E-state index < -0.39 is 0 Å². The maximum atomic E-state index is 13.0. The van der Waals surface area contributed by atoms with Gasteiger partial charge in [-0.05, 0) is 43.1 Å². The predicted molar refractivity (Wildman–Crippen MR) is 102 cm³/mol. The molecular weight excluding hydrogens is 346 g/mol. The van der Waals surface area contributed by atoms with Crippen molar-refractivity contribution in [1.29, 1.82) is 0 Å². The molecular formula is C19H25N5OS. The molecule has 1 aromatic carbocycles. The fourth-order valence-electron chi connectivity index (χ4n) is 4.22. The van der Waals surface area contributed by atoms with E-state index in [1.807, 2.05) is 16.7 Å². The number of hydrogen-bond donors (Lipinski definition) is 1. The summed E-state index contributed by atoms with van der Waals surface area (Å²) in [7, 11) is 0. The second kappa shape index (κ2) is 8.20. The largest absolute Gasteiger partial charge is 0.331 e. The van der Waals surface area contributed by atoms with Crippen molar-refractivity contribution in [1.82, 2.24) is 25.5 Å². The minimum absolute atomic E-state index is 0.0411. The third-order valence-electron chi connectivity index (χ3n) is 5.69. The van der Waals surface area contributed by atoms with Gasteiger partial charge in [0.1, 0.15) is 6.04 Å². The van der Waals surface area contributed by atoms with Gasteiger partial charge < -0.3 is 4.90 Å². The molecule has 6 nitrogen and oxygen atoms in total. The van der Waals surface area contributed by atoms with Crippen LogP contribution in [0.4, 0.5) is 0 Å². The van der Waals surface area contributed by atoms with Crippen LogP contribution in [0, 0.1) is 5.92 Å². The molecule has 7 heteroatoms. The summed E-state index contributed by atoms with van der Waals surface area (Å²) in [6.07, 6.45) is 5.31. The Morgan fingerprint density at radius 3 is 2.73 bits per heavy atom. The van der Waals surface area contributed by atoms with Gasteiger partial charge in [0.2, 0.25) is 5.91 Å². The van der Waals surface area contributed by atoms with E-state index in [0.717, 1.165) is 30.9 Å². The van der Waals surface area contributed by atoms with Gasteiger partial charge in [0, 0.05) is 24.5 Å². The molecule has 1 unspecified atom stereocenters. The number of aromatic amines is 1. The zero-order valence-corrected chi connectivity index (χ0v) is 15.7. The third kappa shape index (κ3) is 3.92. The Bertz CT molecular complexity index is 700. The normalized spacial score (nSPS) is 26.6. The van der Waals surface area contributed by atoms with Crippen molar-refractivity contribution in [2.75, 3.05) is 18.1 Å². The number of nitrogens with one attached hydrogen (secondary N) is 1. The number of hydrogen-bond acceptors (Lipinski definition) is 5. The summed E-state index contributed by atoms with van der Waals surface area (Å²) in [6.45, 7) is 0.780. The Kier molecular flexibility index (Phi) is 5.53. The fourth-order valence-corrected chi connectivity index (χ4v) is 5.26. The summed E-state index contributed by atoms with van der Waals surface area (Å²) in [5, 5.41) is 14.4. The summed E-state index contributed by atoms with van der Waals surface area (Å²) in [5.74, 6) is 3.89. The number of carbonyl (C=O) groups excluding carboxylic acids is 1. The zero-order valence-electron chi connectivity index (χ0n) is 14.9. The molecule has 1 atom stereocenters. The van der Waals surface area contributed by atoms with E-state index in [4.69, 9.17) is 0 Å². The molecule has 1 aliphatic carbocycles. The van der Waals surface area contributed by atoms with Gasteiger partial charge in [-0.3, -0.25) is 4.79 Å². The van der Waals surface area contributed by atoms with Crippen LogP contribution in [-0.4, -0.2) is 49.5 Å². The first-order valence-corrected chi connectivity index (χ1v) is 10.6. The van der Waals surface area contributed by atoms with Crippen molar-refractivity contribution in [2.45, 2.75) is 44.1 Å². The standard InChI is InChI=1S/C19H25N5OS/c25-18(24-10-11-26-13-17(24)19-20-22-23-21-19)12-14-6-8-16(9-7-14)15-4-2-1-3-5-15/h1-5,14,16-17H,6-13H2,(H,20,21,22,23). The van der Waals surface area contributed by atoms with Gasteiger partial charge in [0.25, 0.3) is 0 Å². The van der Waals surface area contributed by atoms with Gasteiger partial charge in [0.15, 0.2) is 5.82 Å². The number of aromatic nitrogens is 4. The van der Waals surface area contributed by atoms with Crippen molar-refractivity contribution in [2.24, 2.45) is 5.92 Å². The first-order chi connectivity index (χ1) is 12.8. The quantitative estimate of drug-likeness (QED) is 0.893. The Morgan fingerprint density at radius 1 is 1.19 bits per heavy atom. The Hall–Kier alpha value is -1.89. The van der Waals surface area contributed by atoms with Gasteiger partial charge in [-0.2, -0.15) is 17.0 Å². The van der Waals surface area contributed by atoms with Crippen LogP contribution in [0.1, 0.15) is 55.5 Å². The number of thioether (sulfide) groups is 1. The van der Waals surface area contributed by atoms with Crippen LogP contribution in [-0.2, 0) is 4.79 Å². The molecule has 0 radical (unpaired) electrons. The number of amides is 1. The maximum Gasteiger partial charge on any atom is 0.223 e. The molecule has 4 rings (SSSR count). The minimum Gasteiger partial charge on any atom is -0.331 e. The first kappa shape index (κ1) is 17.5. The summed E-state index contributed by atoms with van der Waals surface area (Å²) in [6, 6.07) is 10.7. The molecule has 2 aliphatic rings. The second-order valence-electron chi connectivity index (χ2n) is 7.28. The van der Waals surface area contributed by atoms with Crippen molar-refractivity contribution >= 4 is 17.7 Å². The Balaban J connectivity index is 1.33. The predicted octanol–water partition coefficient (Wildman–Crippen LogP) is 3.18. The maximum absolute atomic E-state index is 13.0. The number of H-pyrrole nitrogens is 1. The van der Waals surface area contributed by atoms with Gasteiger partial charge in [-0.15, -0.1) is 10.2 Å². The van der Waals surface area contributed by atoms with Crippen molar-refractivity contribution in [3.05, 3.63) is 41.7 Å². The molecule has 2 fully saturated rings. The van der Waals surface area contributed by atoms with Crippen molar-refractivity contribution in [3.8, 4) is 0 Å². The molecule has 1 aliphatic heterocycles. The van der Waals surface area contributed by atoms with Gasteiger partial charge in [0.05, 0.1) is 0 Å². The molecule has 1 saturated carbocycles. The molecule has 26 heavy (non-hydrogen) atoms. The van der Waals surface area contributed by atoms with Crippen LogP contribution in [0.25, 0.3) is 0 Å². The van der Waals surface area contributed by atoms with E-state index in [9.17, 15) is 4.79 Å². The van der Waals surface area contributed by atoms with E-state index in [1.54, 1.807) is 0 Å². The van der Waals surface area contributed by atoms with E-state index >= 15 is 0 Å². The summed E-state index contributed by atoms with van der Waals surface area (Å²) in [4.78, 5) is 14.9. The number of rotatable bonds is 4. The van der Waals surface area contributed by atoms with Crippen LogP contribution in [0.3, 0.4) is 0 Å². The lowest BCUT2D eigenvalue weighted by atomic mass is 9.77. The van der Waals surface area contributed by atoms with Crippen LogP contribution in [0.2, 0.25) is 0 Å². The highest BCUT2D eigenvalue weighted by molar-refractivity contribution is 7.99. The number of benzene rings is 1. The highest BCUT2D eigenvalue weighted by Gasteiger charge is 2.33. The minimum atomic E-state index is -0.0411. The molecule has 1 N–H and O–H groups in total. The Morgan fingerprint density at radius 2 is 2.00 bits per heavy atom. The smallest absolute Gasteiger partial charge is 0.223 e.